The second-order valence-electron chi connectivity index (χ2n) is 5.25. The lowest BCUT2D eigenvalue weighted by Gasteiger charge is -2.08. The van der Waals surface area contributed by atoms with Crippen LogP contribution in [0, 0.1) is 12.8 Å². The van der Waals surface area contributed by atoms with Gasteiger partial charge in [0.25, 0.3) is 5.91 Å². The summed E-state index contributed by atoms with van der Waals surface area (Å²) in [6.07, 6.45) is 1.90. The lowest BCUT2D eigenvalue weighted by Crippen LogP contribution is -2.20. The number of nitrogens with zero attached hydrogens (tertiary/aromatic N) is 2. The number of carbonyl (C=O) groups excluding carboxylic acids is 2. The Labute approximate surface area is 137 Å². The lowest BCUT2D eigenvalue weighted by atomic mass is 10.3. The number of benzene rings is 1. The number of aryl methyl sites for hydroxylation is 1. The van der Waals surface area contributed by atoms with E-state index in [1.165, 1.54) is 11.3 Å². The molecule has 2 N–H and O–H groups in total. The van der Waals surface area contributed by atoms with Crippen LogP contribution in [0.1, 0.15) is 17.8 Å². The zero-order chi connectivity index (χ0) is 16.2. The van der Waals surface area contributed by atoms with Crippen molar-refractivity contribution in [2.45, 2.75) is 19.8 Å². The third-order valence-electron chi connectivity index (χ3n) is 3.19. The molecule has 1 aliphatic rings. The fourth-order valence-electron chi connectivity index (χ4n) is 1.90. The van der Waals surface area contributed by atoms with Crippen molar-refractivity contribution >= 4 is 34.0 Å². The first-order valence-corrected chi connectivity index (χ1v) is 8.05. The van der Waals surface area contributed by atoms with Crippen molar-refractivity contribution in [2.75, 3.05) is 17.2 Å². The highest BCUT2D eigenvalue weighted by Gasteiger charge is 2.29. The van der Waals surface area contributed by atoms with E-state index in [2.05, 4.69) is 20.8 Å². The van der Waals surface area contributed by atoms with E-state index in [1.54, 1.807) is 24.3 Å². The second kappa shape index (κ2) is 6.74. The van der Waals surface area contributed by atoms with Gasteiger partial charge in [0.15, 0.2) is 6.61 Å². The smallest absolute Gasteiger partial charge is 0.264 e. The average Bonchev–Trinajstić information content (AvgIpc) is 3.30. The van der Waals surface area contributed by atoms with E-state index in [0.717, 1.165) is 17.8 Å². The Balaban J connectivity index is 1.51. The number of carbonyl (C=O) groups is 2. The van der Waals surface area contributed by atoms with Crippen LogP contribution in [0.15, 0.2) is 24.3 Å². The van der Waals surface area contributed by atoms with Crippen molar-refractivity contribution in [3.05, 3.63) is 29.3 Å². The standard InChI is InChI=1S/C15H16N4O3S/c1-9-18-19-15(23-9)17-13(20)8-22-12-4-2-3-11(7-12)16-14(21)10-5-6-10/h2-4,7,10H,5-6,8H2,1H3,(H,16,21)(H,17,19,20). The summed E-state index contributed by atoms with van der Waals surface area (Å²) >= 11 is 1.30. The molecular weight excluding hydrogens is 316 g/mol. The highest BCUT2D eigenvalue weighted by Crippen LogP contribution is 2.30. The summed E-state index contributed by atoms with van der Waals surface area (Å²) in [4.78, 5) is 23.5. The molecule has 3 rings (SSSR count). The third kappa shape index (κ3) is 4.49. The number of rotatable bonds is 6. The van der Waals surface area contributed by atoms with E-state index in [4.69, 9.17) is 4.74 Å². The maximum absolute atomic E-state index is 11.8. The molecule has 2 aromatic rings. The first kappa shape index (κ1) is 15.4. The summed E-state index contributed by atoms with van der Waals surface area (Å²) in [7, 11) is 0. The number of amides is 2. The monoisotopic (exact) mass is 332 g/mol. The molecule has 0 bridgehead atoms. The molecule has 1 aliphatic carbocycles. The summed E-state index contributed by atoms with van der Waals surface area (Å²) < 4.78 is 5.44. The van der Waals surface area contributed by atoms with Gasteiger partial charge in [-0.1, -0.05) is 17.4 Å². The van der Waals surface area contributed by atoms with Crippen LogP contribution in [0.4, 0.5) is 10.8 Å². The molecule has 2 amide bonds. The van der Waals surface area contributed by atoms with Crippen molar-refractivity contribution in [3.8, 4) is 5.75 Å². The van der Waals surface area contributed by atoms with Crippen molar-refractivity contribution in [1.29, 1.82) is 0 Å². The van der Waals surface area contributed by atoms with Gasteiger partial charge >= 0.3 is 0 Å². The highest BCUT2D eigenvalue weighted by atomic mass is 32.1. The molecule has 23 heavy (non-hydrogen) atoms. The number of hydrogen-bond acceptors (Lipinski definition) is 6. The van der Waals surface area contributed by atoms with E-state index >= 15 is 0 Å². The summed E-state index contributed by atoms with van der Waals surface area (Å²) in [5.41, 5.74) is 0.666. The molecule has 0 spiro atoms. The number of hydrogen-bond donors (Lipinski definition) is 2. The Hall–Kier alpha value is -2.48. The van der Waals surface area contributed by atoms with Crippen LogP contribution in [0.3, 0.4) is 0 Å². The molecule has 1 heterocycles. The first-order chi connectivity index (χ1) is 11.1. The molecular formula is C15H16N4O3S. The Bertz CT molecular complexity index is 727. The van der Waals surface area contributed by atoms with E-state index < -0.39 is 0 Å². The normalized spacial score (nSPS) is 13.4. The number of anilines is 2. The Morgan fingerprint density at radius 2 is 2.13 bits per heavy atom. The van der Waals surface area contributed by atoms with Gasteiger partial charge in [-0.25, -0.2) is 0 Å². The third-order valence-corrected chi connectivity index (χ3v) is 3.95. The number of aromatic nitrogens is 2. The minimum Gasteiger partial charge on any atom is -0.484 e. The van der Waals surface area contributed by atoms with Crippen LogP contribution >= 0.6 is 11.3 Å². The van der Waals surface area contributed by atoms with E-state index in [9.17, 15) is 9.59 Å². The molecule has 0 atom stereocenters. The van der Waals surface area contributed by atoms with Gasteiger partial charge in [0.05, 0.1) is 0 Å². The summed E-state index contributed by atoms with van der Waals surface area (Å²) in [6.45, 7) is 1.67. The molecule has 1 aromatic heterocycles. The minimum atomic E-state index is -0.312. The SMILES string of the molecule is Cc1nnc(NC(=O)COc2cccc(NC(=O)C3CC3)c2)s1. The van der Waals surface area contributed by atoms with E-state index in [0.29, 0.717) is 16.6 Å². The first-order valence-electron chi connectivity index (χ1n) is 7.24. The number of nitrogens with one attached hydrogen (secondary N) is 2. The van der Waals surface area contributed by atoms with Gasteiger partial charge in [0, 0.05) is 17.7 Å². The molecule has 1 fully saturated rings. The van der Waals surface area contributed by atoms with Gasteiger partial charge in [-0.05, 0) is 31.9 Å². The quantitative estimate of drug-likeness (QED) is 0.846. The molecule has 8 heteroatoms. The predicted octanol–water partition coefficient (Wildman–Crippen LogP) is 2.21. The maximum atomic E-state index is 11.8. The minimum absolute atomic E-state index is 0.0338. The molecule has 1 aromatic carbocycles. The van der Waals surface area contributed by atoms with Crippen LogP contribution in [0.25, 0.3) is 0 Å². The van der Waals surface area contributed by atoms with Gasteiger partial charge in [-0.15, -0.1) is 10.2 Å². The van der Waals surface area contributed by atoms with Crippen LogP contribution in [0.2, 0.25) is 0 Å². The predicted molar refractivity (Wildman–Crippen MR) is 86.6 cm³/mol. The van der Waals surface area contributed by atoms with E-state index in [1.807, 2.05) is 6.92 Å². The van der Waals surface area contributed by atoms with Gasteiger partial charge < -0.3 is 10.1 Å². The van der Waals surface area contributed by atoms with Gasteiger partial charge in [0.2, 0.25) is 11.0 Å². The maximum Gasteiger partial charge on any atom is 0.264 e. The molecule has 1 saturated carbocycles. The van der Waals surface area contributed by atoms with Crippen molar-refractivity contribution in [1.82, 2.24) is 10.2 Å². The highest BCUT2D eigenvalue weighted by molar-refractivity contribution is 7.15. The zero-order valence-corrected chi connectivity index (χ0v) is 13.4. The van der Waals surface area contributed by atoms with Crippen molar-refractivity contribution < 1.29 is 14.3 Å². The van der Waals surface area contributed by atoms with Gasteiger partial charge in [0.1, 0.15) is 10.8 Å². The number of ether oxygens (including phenoxy) is 1. The fourth-order valence-corrected chi connectivity index (χ4v) is 2.51. The van der Waals surface area contributed by atoms with Crippen LogP contribution in [-0.4, -0.2) is 28.6 Å². The average molecular weight is 332 g/mol. The van der Waals surface area contributed by atoms with Crippen LogP contribution in [0.5, 0.6) is 5.75 Å². The molecule has 120 valence electrons. The Morgan fingerprint density at radius 1 is 1.30 bits per heavy atom. The molecule has 0 saturated heterocycles. The second-order valence-corrected chi connectivity index (χ2v) is 6.44. The molecule has 7 nitrogen and oxygen atoms in total. The molecule has 0 aliphatic heterocycles. The van der Waals surface area contributed by atoms with Crippen LogP contribution < -0.4 is 15.4 Å². The summed E-state index contributed by atoms with van der Waals surface area (Å²) in [5.74, 6) is 0.378. The fraction of sp³-hybridized carbons (Fsp3) is 0.333. The molecule has 0 radical (unpaired) electrons. The van der Waals surface area contributed by atoms with Gasteiger partial charge in [-0.3, -0.25) is 14.9 Å². The zero-order valence-electron chi connectivity index (χ0n) is 12.5. The topological polar surface area (TPSA) is 93.2 Å². The largest absolute Gasteiger partial charge is 0.484 e. The van der Waals surface area contributed by atoms with Gasteiger partial charge in [-0.2, -0.15) is 0 Å². The van der Waals surface area contributed by atoms with Crippen molar-refractivity contribution in [2.24, 2.45) is 5.92 Å². The molecule has 0 unspecified atom stereocenters. The van der Waals surface area contributed by atoms with Crippen molar-refractivity contribution in [3.63, 3.8) is 0 Å². The van der Waals surface area contributed by atoms with E-state index in [-0.39, 0.29) is 24.3 Å². The Kier molecular flexibility index (Phi) is 4.52. The lowest BCUT2D eigenvalue weighted by molar-refractivity contribution is -0.118. The van der Waals surface area contributed by atoms with Crippen LogP contribution in [-0.2, 0) is 9.59 Å². The summed E-state index contributed by atoms with van der Waals surface area (Å²) in [5, 5.41) is 14.3. The Morgan fingerprint density at radius 3 is 2.83 bits per heavy atom. The summed E-state index contributed by atoms with van der Waals surface area (Å²) in [6, 6.07) is 6.99.